The highest BCUT2D eigenvalue weighted by molar-refractivity contribution is 9.10. The number of likely N-dealkylation sites (tertiary alicyclic amines) is 1. The quantitative estimate of drug-likeness (QED) is 0.915. The number of ether oxygens (including phenoxy) is 1. The summed E-state index contributed by atoms with van der Waals surface area (Å²) in [6.45, 7) is 3.47. The average Bonchev–Trinajstić information content (AvgIpc) is 2.41. The summed E-state index contributed by atoms with van der Waals surface area (Å²) in [5, 5.41) is 9.85. The van der Waals surface area contributed by atoms with Gasteiger partial charge >= 0.3 is 0 Å². The minimum absolute atomic E-state index is 0.0950. The fraction of sp³-hybridized carbons (Fsp3) is 0.533. The highest BCUT2D eigenvalue weighted by atomic mass is 79.9. The van der Waals surface area contributed by atoms with Crippen LogP contribution >= 0.6 is 15.9 Å². The SMILES string of the molecule is CC1(O)CCN(C(=O)CCOc2ccc(Br)cc2)CC1. The zero-order valence-corrected chi connectivity index (χ0v) is 13.2. The van der Waals surface area contributed by atoms with Gasteiger partial charge in [-0.25, -0.2) is 0 Å². The second-order valence-corrected chi connectivity index (χ2v) is 6.35. The molecule has 4 nitrogen and oxygen atoms in total. The van der Waals surface area contributed by atoms with Crippen molar-refractivity contribution in [2.45, 2.75) is 31.8 Å². The van der Waals surface area contributed by atoms with Crippen molar-refractivity contribution < 1.29 is 14.6 Å². The van der Waals surface area contributed by atoms with E-state index in [0.717, 1.165) is 10.2 Å². The van der Waals surface area contributed by atoms with E-state index in [9.17, 15) is 9.90 Å². The second kappa shape index (κ2) is 6.59. The fourth-order valence-electron chi connectivity index (χ4n) is 2.18. The fourth-order valence-corrected chi connectivity index (χ4v) is 2.45. The number of nitrogens with zero attached hydrogens (tertiary/aromatic N) is 1. The summed E-state index contributed by atoms with van der Waals surface area (Å²) < 4.78 is 6.55. The lowest BCUT2D eigenvalue weighted by Gasteiger charge is -2.35. The molecule has 1 aromatic rings. The maximum absolute atomic E-state index is 12.0. The monoisotopic (exact) mass is 341 g/mol. The van der Waals surface area contributed by atoms with E-state index in [4.69, 9.17) is 4.74 Å². The number of hydrogen-bond donors (Lipinski definition) is 1. The van der Waals surface area contributed by atoms with E-state index in [1.165, 1.54) is 0 Å². The van der Waals surface area contributed by atoms with Gasteiger partial charge in [0.2, 0.25) is 5.91 Å². The zero-order valence-electron chi connectivity index (χ0n) is 11.6. The van der Waals surface area contributed by atoms with Crippen LogP contribution in [0.3, 0.4) is 0 Å². The normalized spacial score (nSPS) is 17.9. The van der Waals surface area contributed by atoms with Crippen LogP contribution < -0.4 is 4.74 Å². The summed E-state index contributed by atoms with van der Waals surface area (Å²) in [4.78, 5) is 13.8. The highest BCUT2D eigenvalue weighted by Crippen LogP contribution is 2.21. The lowest BCUT2D eigenvalue weighted by molar-refractivity contribution is -0.135. The van der Waals surface area contributed by atoms with Crippen LogP contribution in [0, 0.1) is 0 Å². The van der Waals surface area contributed by atoms with Crippen LogP contribution in [-0.4, -0.2) is 41.2 Å². The molecule has 0 atom stereocenters. The maximum Gasteiger partial charge on any atom is 0.226 e. The van der Waals surface area contributed by atoms with Crippen LogP contribution in [0.15, 0.2) is 28.7 Å². The number of amides is 1. The van der Waals surface area contributed by atoms with Gasteiger partial charge < -0.3 is 14.7 Å². The number of aliphatic hydroxyl groups is 1. The van der Waals surface area contributed by atoms with E-state index in [0.29, 0.717) is 39.0 Å². The molecule has 1 aliphatic heterocycles. The van der Waals surface area contributed by atoms with E-state index < -0.39 is 5.60 Å². The van der Waals surface area contributed by atoms with Crippen molar-refractivity contribution in [2.75, 3.05) is 19.7 Å². The Morgan fingerprint density at radius 1 is 1.35 bits per heavy atom. The third-order valence-electron chi connectivity index (χ3n) is 3.59. The molecule has 1 heterocycles. The molecule has 1 N–H and O–H groups in total. The molecule has 2 rings (SSSR count). The van der Waals surface area contributed by atoms with Gasteiger partial charge in [-0.2, -0.15) is 0 Å². The lowest BCUT2D eigenvalue weighted by atomic mass is 9.94. The molecule has 0 unspecified atom stereocenters. The Morgan fingerprint density at radius 2 is 1.95 bits per heavy atom. The van der Waals surface area contributed by atoms with Crippen LogP contribution in [0.1, 0.15) is 26.2 Å². The molecule has 110 valence electrons. The third kappa shape index (κ3) is 4.49. The average molecular weight is 342 g/mol. The molecule has 1 saturated heterocycles. The number of carbonyl (C=O) groups is 1. The van der Waals surface area contributed by atoms with Crippen molar-refractivity contribution in [1.29, 1.82) is 0 Å². The Morgan fingerprint density at radius 3 is 2.55 bits per heavy atom. The van der Waals surface area contributed by atoms with E-state index in [1.807, 2.05) is 36.1 Å². The Kier molecular flexibility index (Phi) is 5.05. The molecule has 0 radical (unpaired) electrons. The van der Waals surface area contributed by atoms with Gasteiger partial charge in [-0.15, -0.1) is 0 Å². The molecule has 20 heavy (non-hydrogen) atoms. The Labute approximate surface area is 127 Å². The summed E-state index contributed by atoms with van der Waals surface area (Å²) in [5.41, 5.74) is -0.620. The number of carbonyl (C=O) groups excluding carboxylic acids is 1. The summed E-state index contributed by atoms with van der Waals surface area (Å²) >= 11 is 3.36. The van der Waals surface area contributed by atoms with Crippen molar-refractivity contribution in [3.8, 4) is 5.75 Å². The van der Waals surface area contributed by atoms with Crippen molar-refractivity contribution in [3.63, 3.8) is 0 Å². The predicted octanol–water partition coefficient (Wildman–Crippen LogP) is 2.59. The zero-order chi connectivity index (χ0) is 14.6. The van der Waals surface area contributed by atoms with Gasteiger partial charge in [0.05, 0.1) is 18.6 Å². The predicted molar refractivity (Wildman–Crippen MR) is 80.7 cm³/mol. The standard InChI is InChI=1S/C15H20BrNO3/c1-15(19)7-9-17(10-8-15)14(18)6-11-20-13-4-2-12(16)3-5-13/h2-5,19H,6-11H2,1H3. The van der Waals surface area contributed by atoms with Gasteiger partial charge in [-0.1, -0.05) is 15.9 Å². The van der Waals surface area contributed by atoms with Gasteiger partial charge in [0.15, 0.2) is 0 Å². The molecule has 0 saturated carbocycles. The molecule has 1 aliphatic rings. The van der Waals surface area contributed by atoms with E-state index >= 15 is 0 Å². The first-order valence-corrected chi connectivity index (χ1v) is 7.64. The first-order chi connectivity index (χ1) is 9.46. The minimum Gasteiger partial charge on any atom is -0.493 e. The van der Waals surface area contributed by atoms with Crippen molar-refractivity contribution >= 4 is 21.8 Å². The molecule has 0 aromatic heterocycles. The molecular formula is C15H20BrNO3. The molecule has 1 aromatic carbocycles. The van der Waals surface area contributed by atoms with Crippen LogP contribution in [0.2, 0.25) is 0 Å². The number of piperidine rings is 1. The Hall–Kier alpha value is -1.07. The van der Waals surface area contributed by atoms with Gasteiger partial charge in [-0.05, 0) is 44.0 Å². The van der Waals surface area contributed by atoms with Gasteiger partial charge in [0.1, 0.15) is 5.75 Å². The highest BCUT2D eigenvalue weighted by Gasteiger charge is 2.29. The summed E-state index contributed by atoms with van der Waals surface area (Å²) in [7, 11) is 0. The largest absolute Gasteiger partial charge is 0.493 e. The minimum atomic E-state index is -0.620. The summed E-state index contributed by atoms with van der Waals surface area (Å²) in [6.07, 6.45) is 1.66. The second-order valence-electron chi connectivity index (χ2n) is 5.43. The Bertz CT molecular complexity index is 449. The van der Waals surface area contributed by atoms with E-state index in [-0.39, 0.29) is 5.91 Å². The summed E-state index contributed by atoms with van der Waals surface area (Å²) in [5.74, 6) is 0.861. The molecule has 1 amide bonds. The molecule has 0 spiro atoms. The molecule has 5 heteroatoms. The van der Waals surface area contributed by atoms with Crippen LogP contribution in [0.25, 0.3) is 0 Å². The number of rotatable bonds is 4. The van der Waals surface area contributed by atoms with Crippen molar-refractivity contribution in [3.05, 3.63) is 28.7 Å². The van der Waals surface area contributed by atoms with E-state index in [1.54, 1.807) is 0 Å². The lowest BCUT2D eigenvalue weighted by Crippen LogP contribution is -2.45. The number of hydrogen-bond acceptors (Lipinski definition) is 3. The first-order valence-electron chi connectivity index (χ1n) is 6.85. The van der Waals surface area contributed by atoms with Gasteiger partial charge in [0.25, 0.3) is 0 Å². The number of halogens is 1. The maximum atomic E-state index is 12.0. The van der Waals surface area contributed by atoms with E-state index in [2.05, 4.69) is 15.9 Å². The first kappa shape index (κ1) is 15.3. The smallest absolute Gasteiger partial charge is 0.226 e. The molecule has 1 fully saturated rings. The van der Waals surface area contributed by atoms with Crippen LogP contribution in [-0.2, 0) is 4.79 Å². The topological polar surface area (TPSA) is 49.8 Å². The number of benzene rings is 1. The molecular weight excluding hydrogens is 322 g/mol. The molecule has 0 aliphatic carbocycles. The van der Waals surface area contributed by atoms with Gasteiger partial charge in [-0.3, -0.25) is 4.79 Å². The van der Waals surface area contributed by atoms with Crippen molar-refractivity contribution in [2.24, 2.45) is 0 Å². The Balaban J connectivity index is 1.71. The third-order valence-corrected chi connectivity index (χ3v) is 4.12. The van der Waals surface area contributed by atoms with Gasteiger partial charge in [0, 0.05) is 17.6 Å². The van der Waals surface area contributed by atoms with Crippen LogP contribution in [0.5, 0.6) is 5.75 Å². The summed E-state index contributed by atoms with van der Waals surface area (Å²) in [6, 6.07) is 7.55. The molecule has 0 bridgehead atoms. The van der Waals surface area contributed by atoms with Crippen LogP contribution in [0.4, 0.5) is 0 Å². The van der Waals surface area contributed by atoms with Crippen molar-refractivity contribution in [1.82, 2.24) is 4.90 Å².